The van der Waals surface area contributed by atoms with Crippen molar-refractivity contribution in [2.75, 3.05) is 7.05 Å². The Kier molecular flexibility index (Phi) is 3.77. The van der Waals surface area contributed by atoms with Crippen molar-refractivity contribution in [3.8, 4) is 0 Å². The minimum atomic E-state index is 0.417. The van der Waals surface area contributed by atoms with E-state index in [1.165, 1.54) is 5.56 Å². The number of fused-ring (bicyclic) bond motifs is 1. The lowest BCUT2D eigenvalue weighted by Crippen LogP contribution is -2.20. The molecule has 2 heterocycles. The second kappa shape index (κ2) is 5.71. The van der Waals surface area contributed by atoms with Gasteiger partial charge in [0.2, 0.25) is 0 Å². The zero-order valence-corrected chi connectivity index (χ0v) is 12.4. The summed E-state index contributed by atoms with van der Waals surface area (Å²) in [7, 11) is 4.09. The summed E-state index contributed by atoms with van der Waals surface area (Å²) in [5.41, 5.74) is 7.89. The predicted molar refractivity (Wildman–Crippen MR) is 82.5 cm³/mol. The second-order valence-corrected chi connectivity index (χ2v) is 5.33. The van der Waals surface area contributed by atoms with E-state index in [0.717, 1.165) is 35.6 Å². The van der Waals surface area contributed by atoms with Crippen LogP contribution in [0.1, 0.15) is 17.1 Å². The highest BCUT2D eigenvalue weighted by Crippen LogP contribution is 2.26. The first-order chi connectivity index (χ1) is 10.2. The molecule has 0 aliphatic carbocycles. The van der Waals surface area contributed by atoms with Crippen LogP contribution in [0.4, 0.5) is 0 Å². The Bertz CT molecular complexity index is 744. The van der Waals surface area contributed by atoms with E-state index in [2.05, 4.69) is 23.0 Å². The quantitative estimate of drug-likeness (QED) is 0.780. The molecule has 0 atom stereocenters. The molecule has 2 N–H and O–H groups in total. The third kappa shape index (κ3) is 2.70. The van der Waals surface area contributed by atoms with E-state index in [4.69, 9.17) is 10.2 Å². The maximum Gasteiger partial charge on any atom is 0.134 e. The van der Waals surface area contributed by atoms with Gasteiger partial charge in [0.05, 0.1) is 13.1 Å². The lowest BCUT2D eigenvalue weighted by atomic mass is 10.1. The van der Waals surface area contributed by atoms with E-state index in [0.29, 0.717) is 6.54 Å². The van der Waals surface area contributed by atoms with Crippen LogP contribution >= 0.6 is 0 Å². The molecule has 21 heavy (non-hydrogen) atoms. The fourth-order valence-electron chi connectivity index (χ4n) is 2.60. The SMILES string of the molecule is CN(Cc1c(CN)oc2ccccc12)Cc1nccn1C. The number of nitrogens with zero attached hydrogens (tertiary/aromatic N) is 3. The number of nitrogens with two attached hydrogens (primary N) is 1. The first-order valence-electron chi connectivity index (χ1n) is 7.03. The molecule has 3 aromatic rings. The van der Waals surface area contributed by atoms with Gasteiger partial charge in [0.25, 0.3) is 0 Å². The minimum absolute atomic E-state index is 0.417. The Morgan fingerprint density at radius 1 is 1.29 bits per heavy atom. The standard InChI is InChI=1S/C16H20N4O/c1-19(11-16-18-7-8-20(16)2)10-13-12-5-3-4-6-14(12)21-15(13)9-17/h3-8H,9-11,17H2,1-2H3. The molecule has 2 aromatic heterocycles. The molecule has 0 spiro atoms. The number of benzene rings is 1. The molecule has 110 valence electrons. The maximum absolute atomic E-state index is 5.84. The molecule has 1 aromatic carbocycles. The highest BCUT2D eigenvalue weighted by atomic mass is 16.3. The van der Waals surface area contributed by atoms with Crippen molar-refractivity contribution in [1.29, 1.82) is 0 Å². The van der Waals surface area contributed by atoms with E-state index in [9.17, 15) is 0 Å². The summed E-state index contributed by atoms with van der Waals surface area (Å²) in [6.45, 7) is 1.99. The average molecular weight is 284 g/mol. The van der Waals surface area contributed by atoms with Gasteiger partial charge in [-0.3, -0.25) is 4.90 Å². The first-order valence-corrected chi connectivity index (χ1v) is 7.03. The Morgan fingerprint density at radius 2 is 2.10 bits per heavy atom. The molecule has 0 radical (unpaired) electrons. The largest absolute Gasteiger partial charge is 0.459 e. The third-order valence-corrected chi connectivity index (χ3v) is 3.73. The van der Waals surface area contributed by atoms with Crippen LogP contribution in [0.25, 0.3) is 11.0 Å². The number of rotatable bonds is 5. The number of aromatic nitrogens is 2. The Balaban J connectivity index is 1.85. The lowest BCUT2D eigenvalue weighted by Gasteiger charge is -2.16. The molecule has 0 unspecified atom stereocenters. The average Bonchev–Trinajstić information content (AvgIpc) is 3.04. The molecule has 0 amide bonds. The van der Waals surface area contributed by atoms with Crippen molar-refractivity contribution in [3.05, 3.63) is 53.8 Å². The van der Waals surface area contributed by atoms with Gasteiger partial charge in [0, 0.05) is 36.9 Å². The summed E-state index contributed by atoms with van der Waals surface area (Å²) in [6.07, 6.45) is 3.78. The predicted octanol–water partition coefficient (Wildman–Crippen LogP) is 2.26. The highest BCUT2D eigenvalue weighted by Gasteiger charge is 2.15. The second-order valence-electron chi connectivity index (χ2n) is 5.33. The number of aryl methyl sites for hydroxylation is 1. The minimum Gasteiger partial charge on any atom is -0.459 e. The summed E-state index contributed by atoms with van der Waals surface area (Å²) in [4.78, 5) is 6.58. The molecule has 0 bridgehead atoms. The Morgan fingerprint density at radius 3 is 2.81 bits per heavy atom. The summed E-state index contributed by atoms with van der Waals surface area (Å²) >= 11 is 0. The molecule has 5 nitrogen and oxygen atoms in total. The molecular formula is C16H20N4O. The van der Waals surface area contributed by atoms with Gasteiger partial charge in [0.15, 0.2) is 0 Å². The van der Waals surface area contributed by atoms with Crippen molar-refractivity contribution >= 4 is 11.0 Å². The lowest BCUT2D eigenvalue weighted by molar-refractivity contribution is 0.305. The molecule has 0 saturated heterocycles. The number of hydrogen-bond acceptors (Lipinski definition) is 4. The van der Waals surface area contributed by atoms with Gasteiger partial charge in [-0.25, -0.2) is 4.98 Å². The van der Waals surface area contributed by atoms with Crippen molar-refractivity contribution in [2.45, 2.75) is 19.6 Å². The first kappa shape index (κ1) is 13.9. The summed E-state index contributed by atoms with van der Waals surface area (Å²) < 4.78 is 7.87. The van der Waals surface area contributed by atoms with E-state index in [-0.39, 0.29) is 0 Å². The van der Waals surface area contributed by atoms with Crippen LogP contribution in [0.15, 0.2) is 41.1 Å². The molecular weight excluding hydrogens is 264 g/mol. The molecule has 0 aliphatic rings. The van der Waals surface area contributed by atoms with Crippen molar-refractivity contribution in [1.82, 2.24) is 14.5 Å². The van der Waals surface area contributed by atoms with Crippen LogP contribution < -0.4 is 5.73 Å². The molecule has 0 saturated carbocycles. The van der Waals surface area contributed by atoms with Crippen molar-refractivity contribution in [3.63, 3.8) is 0 Å². The Hall–Kier alpha value is -2.11. The smallest absolute Gasteiger partial charge is 0.134 e. The summed E-state index contributed by atoms with van der Waals surface area (Å²) in [5.74, 6) is 1.91. The van der Waals surface area contributed by atoms with Gasteiger partial charge in [-0.15, -0.1) is 0 Å². The van der Waals surface area contributed by atoms with Crippen molar-refractivity contribution in [2.24, 2.45) is 12.8 Å². The van der Waals surface area contributed by atoms with E-state index >= 15 is 0 Å². The van der Waals surface area contributed by atoms with Crippen LogP contribution in [-0.4, -0.2) is 21.5 Å². The highest BCUT2D eigenvalue weighted by molar-refractivity contribution is 5.82. The van der Waals surface area contributed by atoms with Crippen LogP contribution in [0, 0.1) is 0 Å². The fraction of sp³-hybridized carbons (Fsp3) is 0.312. The van der Waals surface area contributed by atoms with E-state index in [1.54, 1.807) is 0 Å². The molecule has 5 heteroatoms. The van der Waals surface area contributed by atoms with Crippen LogP contribution in [0.2, 0.25) is 0 Å². The fourth-order valence-corrected chi connectivity index (χ4v) is 2.60. The topological polar surface area (TPSA) is 60.2 Å². The molecule has 3 rings (SSSR count). The van der Waals surface area contributed by atoms with Gasteiger partial charge in [-0.2, -0.15) is 0 Å². The zero-order chi connectivity index (χ0) is 14.8. The number of furan rings is 1. The van der Waals surface area contributed by atoms with Crippen LogP contribution in [-0.2, 0) is 26.7 Å². The maximum atomic E-state index is 5.84. The number of imidazole rings is 1. The zero-order valence-electron chi connectivity index (χ0n) is 12.4. The van der Waals surface area contributed by atoms with Gasteiger partial charge in [0.1, 0.15) is 17.2 Å². The third-order valence-electron chi connectivity index (χ3n) is 3.73. The van der Waals surface area contributed by atoms with Crippen LogP contribution in [0.5, 0.6) is 0 Å². The number of hydrogen-bond donors (Lipinski definition) is 1. The normalized spacial score (nSPS) is 11.6. The van der Waals surface area contributed by atoms with Gasteiger partial charge < -0.3 is 14.7 Å². The van der Waals surface area contributed by atoms with E-state index < -0.39 is 0 Å². The molecule has 0 fully saturated rings. The van der Waals surface area contributed by atoms with Gasteiger partial charge >= 0.3 is 0 Å². The molecule has 0 aliphatic heterocycles. The van der Waals surface area contributed by atoms with Crippen molar-refractivity contribution < 1.29 is 4.42 Å². The Labute approximate surface area is 124 Å². The van der Waals surface area contributed by atoms with Crippen LogP contribution in [0.3, 0.4) is 0 Å². The number of para-hydroxylation sites is 1. The van der Waals surface area contributed by atoms with E-state index in [1.807, 2.05) is 42.2 Å². The van der Waals surface area contributed by atoms with Gasteiger partial charge in [-0.05, 0) is 13.1 Å². The van der Waals surface area contributed by atoms with Gasteiger partial charge in [-0.1, -0.05) is 18.2 Å². The monoisotopic (exact) mass is 284 g/mol. The summed E-state index contributed by atoms with van der Waals surface area (Å²) in [5, 5.41) is 1.14. The summed E-state index contributed by atoms with van der Waals surface area (Å²) in [6, 6.07) is 8.08.